The maximum Gasteiger partial charge on any atom is 0.237 e. The van der Waals surface area contributed by atoms with Gasteiger partial charge in [-0.3, -0.25) is 4.72 Å². The number of halogens is 1. The van der Waals surface area contributed by atoms with Crippen molar-refractivity contribution in [1.82, 2.24) is 29.5 Å². The topological polar surface area (TPSA) is 118 Å². The Bertz CT molecular complexity index is 1760. The third-order valence-electron chi connectivity index (χ3n) is 6.33. The van der Waals surface area contributed by atoms with Crippen molar-refractivity contribution in [2.45, 2.75) is 18.9 Å². The maximum absolute atomic E-state index is 13.9. The summed E-state index contributed by atoms with van der Waals surface area (Å²) in [7, 11) is -3.52. The summed E-state index contributed by atoms with van der Waals surface area (Å²) in [4.78, 5) is 19.7. The molecule has 38 heavy (non-hydrogen) atoms. The van der Waals surface area contributed by atoms with E-state index in [4.69, 9.17) is 10.1 Å². The number of anilines is 2. The Morgan fingerprint density at radius 2 is 1.79 bits per heavy atom. The quantitative estimate of drug-likeness (QED) is 0.349. The zero-order valence-corrected chi connectivity index (χ0v) is 21.2. The van der Waals surface area contributed by atoms with E-state index in [1.807, 2.05) is 30.3 Å². The van der Waals surface area contributed by atoms with Gasteiger partial charge in [-0.25, -0.2) is 37.3 Å². The Morgan fingerprint density at radius 3 is 2.63 bits per heavy atom. The highest BCUT2D eigenvalue weighted by molar-refractivity contribution is 7.91. The molecule has 1 aliphatic rings. The number of benzene rings is 1. The first-order valence-electron chi connectivity index (χ1n) is 12.0. The van der Waals surface area contributed by atoms with E-state index in [9.17, 15) is 12.8 Å². The van der Waals surface area contributed by atoms with Crippen LogP contribution in [0.3, 0.4) is 0 Å². The molecule has 1 atom stereocenters. The number of rotatable bonds is 6. The lowest BCUT2D eigenvalue weighted by molar-refractivity contribution is 0.606. The van der Waals surface area contributed by atoms with E-state index < -0.39 is 10.0 Å². The number of aromatic nitrogens is 6. The summed E-state index contributed by atoms with van der Waals surface area (Å²) < 4.78 is 41.1. The van der Waals surface area contributed by atoms with E-state index >= 15 is 0 Å². The smallest absolute Gasteiger partial charge is 0.237 e. The van der Waals surface area contributed by atoms with Gasteiger partial charge in [0.2, 0.25) is 16.0 Å². The van der Waals surface area contributed by atoms with Crippen molar-refractivity contribution in [2.24, 2.45) is 0 Å². The summed E-state index contributed by atoms with van der Waals surface area (Å²) in [6.07, 6.45) is 6.12. The summed E-state index contributed by atoms with van der Waals surface area (Å²) in [5.41, 5.74) is 3.91. The molecule has 6 rings (SSSR count). The Labute approximate surface area is 218 Å². The molecule has 0 saturated carbocycles. The molecular formula is C26H23FN8O2S. The van der Waals surface area contributed by atoms with Gasteiger partial charge >= 0.3 is 0 Å². The number of imidazole rings is 1. The van der Waals surface area contributed by atoms with Crippen LogP contribution in [-0.4, -0.2) is 50.8 Å². The molecule has 10 nitrogen and oxygen atoms in total. The minimum atomic E-state index is -3.52. The van der Waals surface area contributed by atoms with Crippen LogP contribution >= 0.6 is 0 Å². The molecule has 5 heterocycles. The molecule has 1 aromatic carbocycles. The molecule has 0 aliphatic carbocycles. The predicted molar refractivity (Wildman–Crippen MR) is 141 cm³/mol. The van der Waals surface area contributed by atoms with Gasteiger partial charge in [-0.15, -0.1) is 5.10 Å². The molecule has 5 aromatic rings. The summed E-state index contributed by atoms with van der Waals surface area (Å²) in [6, 6.07) is 17.7. The summed E-state index contributed by atoms with van der Waals surface area (Å²) in [5.74, 6) is 0.493. The number of fused-ring (bicyclic) bond motifs is 1. The monoisotopic (exact) mass is 530 g/mol. The molecule has 0 bridgehead atoms. The predicted octanol–water partition coefficient (Wildman–Crippen LogP) is 4.10. The molecule has 4 aromatic heterocycles. The van der Waals surface area contributed by atoms with Crippen LogP contribution in [0.5, 0.6) is 0 Å². The molecule has 192 valence electrons. The van der Waals surface area contributed by atoms with E-state index in [1.165, 1.54) is 12.3 Å². The maximum atomic E-state index is 13.9. The van der Waals surface area contributed by atoms with E-state index in [2.05, 4.69) is 24.6 Å². The minimum Gasteiger partial charge on any atom is -0.348 e. The fraction of sp³-hybridized carbons (Fsp3) is 0.192. The van der Waals surface area contributed by atoms with Crippen LogP contribution in [-0.2, 0) is 10.0 Å². The first-order valence-corrected chi connectivity index (χ1v) is 13.9. The molecule has 12 heteroatoms. The molecule has 1 fully saturated rings. The molecule has 1 aliphatic heterocycles. The number of sulfonamides is 1. The molecule has 1 saturated heterocycles. The van der Waals surface area contributed by atoms with Crippen LogP contribution in [0.4, 0.5) is 16.2 Å². The molecule has 0 amide bonds. The van der Waals surface area contributed by atoms with Crippen LogP contribution in [0, 0.1) is 5.82 Å². The van der Waals surface area contributed by atoms with E-state index in [0.717, 1.165) is 37.0 Å². The highest BCUT2D eigenvalue weighted by Crippen LogP contribution is 2.35. The third-order valence-corrected chi connectivity index (χ3v) is 6.89. The van der Waals surface area contributed by atoms with Gasteiger partial charge < -0.3 is 4.90 Å². The Hall–Kier alpha value is -4.45. The number of hydrogen-bond donors (Lipinski definition) is 1. The lowest BCUT2D eigenvalue weighted by Gasteiger charge is -2.26. The second kappa shape index (κ2) is 9.45. The number of nitrogens with zero attached hydrogens (tertiary/aromatic N) is 7. The fourth-order valence-electron chi connectivity index (χ4n) is 4.73. The Kier molecular flexibility index (Phi) is 5.95. The summed E-state index contributed by atoms with van der Waals surface area (Å²) in [6.45, 7) is 0.814. The van der Waals surface area contributed by atoms with Crippen molar-refractivity contribution < 1.29 is 12.8 Å². The molecule has 0 radical (unpaired) electrons. The SMILES string of the molecule is CS(=O)(=O)Nc1nccc(-c2cccc(-c3cnc4ccc(N5CCCC5c5cccc(F)c5)nn34)n2)n1. The van der Waals surface area contributed by atoms with Gasteiger partial charge in [0.1, 0.15) is 17.3 Å². The van der Waals surface area contributed by atoms with Crippen molar-refractivity contribution in [3.8, 4) is 22.8 Å². The number of hydrogen-bond acceptors (Lipinski definition) is 8. The van der Waals surface area contributed by atoms with E-state index in [-0.39, 0.29) is 17.8 Å². The second-order valence-electron chi connectivity index (χ2n) is 9.06. The van der Waals surface area contributed by atoms with Crippen molar-refractivity contribution >= 4 is 27.4 Å². The molecule has 1 N–H and O–H groups in total. The lowest BCUT2D eigenvalue weighted by atomic mass is 10.0. The van der Waals surface area contributed by atoms with Gasteiger partial charge in [0.15, 0.2) is 5.65 Å². The average Bonchev–Trinajstić information content (AvgIpc) is 3.55. The highest BCUT2D eigenvalue weighted by Gasteiger charge is 2.28. The fourth-order valence-corrected chi connectivity index (χ4v) is 5.16. The normalized spacial score (nSPS) is 15.7. The van der Waals surface area contributed by atoms with Crippen molar-refractivity contribution in [3.63, 3.8) is 0 Å². The highest BCUT2D eigenvalue weighted by atomic mass is 32.2. The van der Waals surface area contributed by atoms with Crippen LogP contribution in [0.1, 0.15) is 24.4 Å². The standard InChI is InChI=1S/C26H23FN8O2S/c1-38(36,37)33-26-28-13-12-20(31-26)19-7-3-8-21(30-19)23-16-29-24-10-11-25(32-35(23)24)34-14-4-9-22(34)17-5-2-6-18(27)15-17/h2-3,5-8,10-13,15-16,22H,4,9,14H2,1H3,(H,28,31,33). The molecule has 0 spiro atoms. The van der Waals surface area contributed by atoms with Crippen LogP contribution in [0.15, 0.2) is 73.1 Å². The van der Waals surface area contributed by atoms with Gasteiger partial charge in [-0.05, 0) is 60.9 Å². The largest absolute Gasteiger partial charge is 0.348 e. The van der Waals surface area contributed by atoms with E-state index in [1.54, 1.807) is 35.0 Å². The van der Waals surface area contributed by atoms with Crippen LogP contribution in [0.25, 0.3) is 28.4 Å². The second-order valence-corrected chi connectivity index (χ2v) is 10.8. The van der Waals surface area contributed by atoms with Gasteiger partial charge in [0.25, 0.3) is 0 Å². The van der Waals surface area contributed by atoms with Gasteiger partial charge in [-0.1, -0.05) is 18.2 Å². The van der Waals surface area contributed by atoms with Crippen molar-refractivity contribution in [1.29, 1.82) is 0 Å². The summed E-state index contributed by atoms with van der Waals surface area (Å²) in [5, 5.41) is 4.89. The van der Waals surface area contributed by atoms with Crippen LogP contribution < -0.4 is 9.62 Å². The average molecular weight is 531 g/mol. The Balaban J connectivity index is 1.35. The van der Waals surface area contributed by atoms with Gasteiger partial charge in [0, 0.05) is 12.7 Å². The van der Waals surface area contributed by atoms with Crippen molar-refractivity contribution in [2.75, 3.05) is 22.4 Å². The first-order chi connectivity index (χ1) is 18.3. The molecular weight excluding hydrogens is 507 g/mol. The minimum absolute atomic E-state index is 0.0308. The molecule has 1 unspecified atom stereocenters. The zero-order chi connectivity index (χ0) is 26.3. The van der Waals surface area contributed by atoms with Gasteiger partial charge in [-0.2, -0.15) is 0 Å². The summed E-state index contributed by atoms with van der Waals surface area (Å²) >= 11 is 0. The Morgan fingerprint density at radius 1 is 0.974 bits per heavy atom. The third kappa shape index (κ3) is 4.77. The van der Waals surface area contributed by atoms with E-state index in [0.29, 0.717) is 28.4 Å². The number of pyridine rings is 1. The van der Waals surface area contributed by atoms with Gasteiger partial charge in [0.05, 0.1) is 35.6 Å². The lowest BCUT2D eigenvalue weighted by Crippen LogP contribution is -2.24. The zero-order valence-electron chi connectivity index (χ0n) is 20.4. The first kappa shape index (κ1) is 23.9. The van der Waals surface area contributed by atoms with Crippen molar-refractivity contribution in [3.05, 3.63) is 84.4 Å². The number of nitrogens with one attached hydrogen (secondary N) is 1. The van der Waals surface area contributed by atoms with Crippen LogP contribution in [0.2, 0.25) is 0 Å².